The van der Waals surface area contributed by atoms with Gasteiger partial charge in [0.1, 0.15) is 0 Å². The number of hydrogen-bond acceptors (Lipinski definition) is 1. The molecule has 6 nitrogen and oxygen atoms in total. The van der Waals surface area contributed by atoms with Crippen molar-refractivity contribution in [2.24, 2.45) is 32.9 Å². The highest BCUT2D eigenvalue weighted by atomic mass is 32.1. The Bertz CT molecular complexity index is 165. The normalized spacial score (nSPS) is 8.00. The molecule has 0 fully saturated rings. The smallest absolute Gasteiger partial charge is 0.225 e. The van der Waals surface area contributed by atoms with Crippen LogP contribution in [0, 0.1) is 0 Å². The van der Waals surface area contributed by atoms with Crippen LogP contribution < -0.4 is 22.9 Å². The third kappa shape index (κ3) is 4.78. The molecule has 0 atom stereocenters. The molecule has 0 amide bonds. The second kappa shape index (κ2) is 3.62. The largest absolute Gasteiger partial charge is 0.370 e. The van der Waals surface area contributed by atoms with Gasteiger partial charge in [-0.3, -0.25) is 0 Å². The predicted molar refractivity (Wildman–Crippen MR) is 44.2 cm³/mol. The van der Waals surface area contributed by atoms with Gasteiger partial charge in [0.05, 0.1) is 0 Å². The molecule has 8 N–H and O–H groups in total. The summed E-state index contributed by atoms with van der Waals surface area (Å²) in [7, 11) is 0. The first-order chi connectivity index (χ1) is 4.52. The highest BCUT2D eigenvalue weighted by Crippen LogP contribution is 1.79. The standard InChI is InChI=1S/C3H8N6S/c4-1(5)8-3(10)9-2(6)7/h(H8,4,5,6,7,8,9,10). The van der Waals surface area contributed by atoms with Gasteiger partial charge in [-0.05, 0) is 12.2 Å². The van der Waals surface area contributed by atoms with E-state index in [0.29, 0.717) is 0 Å². The fourth-order valence-corrected chi connectivity index (χ4v) is 0.457. The van der Waals surface area contributed by atoms with Gasteiger partial charge in [-0.25, -0.2) is 0 Å². The van der Waals surface area contributed by atoms with E-state index in [1.54, 1.807) is 0 Å². The van der Waals surface area contributed by atoms with Crippen molar-refractivity contribution >= 4 is 29.2 Å². The van der Waals surface area contributed by atoms with Crippen LogP contribution in [0.15, 0.2) is 9.98 Å². The Morgan fingerprint density at radius 3 is 1.40 bits per heavy atom. The Morgan fingerprint density at radius 2 is 1.20 bits per heavy atom. The van der Waals surface area contributed by atoms with Gasteiger partial charge in [0.25, 0.3) is 0 Å². The van der Waals surface area contributed by atoms with Crippen LogP contribution in [0.25, 0.3) is 0 Å². The maximum Gasteiger partial charge on any atom is 0.225 e. The van der Waals surface area contributed by atoms with Gasteiger partial charge in [0.15, 0.2) is 11.9 Å². The summed E-state index contributed by atoms with van der Waals surface area (Å²) in [5.41, 5.74) is 19.8. The molecule has 0 rings (SSSR count). The van der Waals surface area contributed by atoms with Gasteiger partial charge in [-0.15, -0.1) is 0 Å². The Kier molecular flexibility index (Phi) is 3.12. The first-order valence-corrected chi connectivity index (χ1v) is 2.66. The molecule has 7 heteroatoms. The van der Waals surface area contributed by atoms with E-state index in [9.17, 15) is 0 Å². The molecule has 0 radical (unpaired) electrons. The van der Waals surface area contributed by atoms with Crippen LogP contribution >= 0.6 is 12.2 Å². The maximum absolute atomic E-state index is 4.96. The predicted octanol–water partition coefficient (Wildman–Crippen LogP) is -2.18. The third-order valence-corrected chi connectivity index (χ3v) is 0.632. The van der Waals surface area contributed by atoms with Crippen LogP contribution in [-0.2, 0) is 0 Å². The molecule has 0 aliphatic rings. The minimum absolute atomic E-state index is 0.0833. The lowest BCUT2D eigenvalue weighted by molar-refractivity contribution is 1.43. The third-order valence-electron chi connectivity index (χ3n) is 0.449. The fourth-order valence-electron chi connectivity index (χ4n) is 0.246. The van der Waals surface area contributed by atoms with Crippen molar-refractivity contribution in [2.75, 3.05) is 0 Å². The summed E-state index contributed by atoms with van der Waals surface area (Å²) >= 11 is 4.51. The van der Waals surface area contributed by atoms with Gasteiger partial charge >= 0.3 is 0 Å². The summed E-state index contributed by atoms with van der Waals surface area (Å²) in [6.07, 6.45) is 0. The lowest BCUT2D eigenvalue weighted by Crippen LogP contribution is -2.26. The molecule has 0 aromatic rings. The van der Waals surface area contributed by atoms with E-state index < -0.39 is 0 Å². The van der Waals surface area contributed by atoms with Gasteiger partial charge in [0.2, 0.25) is 5.11 Å². The van der Waals surface area contributed by atoms with Crippen molar-refractivity contribution in [1.82, 2.24) is 0 Å². The molecule has 10 heavy (non-hydrogen) atoms. The van der Waals surface area contributed by atoms with E-state index in [-0.39, 0.29) is 17.0 Å². The summed E-state index contributed by atoms with van der Waals surface area (Å²) in [4.78, 5) is 6.75. The Balaban J connectivity index is 4.14. The zero-order chi connectivity index (χ0) is 8.15. The quantitative estimate of drug-likeness (QED) is 0.182. The second-order valence-corrected chi connectivity index (χ2v) is 1.72. The van der Waals surface area contributed by atoms with E-state index in [2.05, 4.69) is 22.2 Å². The van der Waals surface area contributed by atoms with E-state index in [1.165, 1.54) is 0 Å². The van der Waals surface area contributed by atoms with E-state index >= 15 is 0 Å². The number of nitrogens with zero attached hydrogens (tertiary/aromatic N) is 2. The van der Waals surface area contributed by atoms with Crippen molar-refractivity contribution in [3.05, 3.63) is 0 Å². The molecular weight excluding hydrogens is 152 g/mol. The lowest BCUT2D eigenvalue weighted by atomic mass is 10.9. The van der Waals surface area contributed by atoms with Crippen LogP contribution in [-0.4, -0.2) is 17.0 Å². The average molecular weight is 160 g/mol. The van der Waals surface area contributed by atoms with Crippen LogP contribution in [0.4, 0.5) is 0 Å². The number of rotatable bonds is 0. The Hall–Kier alpha value is -1.37. The highest BCUT2D eigenvalue weighted by molar-refractivity contribution is 7.80. The lowest BCUT2D eigenvalue weighted by Gasteiger charge is -1.90. The van der Waals surface area contributed by atoms with Crippen LogP contribution in [0.3, 0.4) is 0 Å². The van der Waals surface area contributed by atoms with Crippen molar-refractivity contribution < 1.29 is 0 Å². The van der Waals surface area contributed by atoms with Crippen LogP contribution in [0.1, 0.15) is 0 Å². The first-order valence-electron chi connectivity index (χ1n) is 2.25. The second-order valence-electron chi connectivity index (χ2n) is 1.36. The molecule has 56 valence electrons. The molecule has 0 aliphatic carbocycles. The fraction of sp³-hybridized carbons (Fsp3) is 0. The van der Waals surface area contributed by atoms with Gasteiger partial charge < -0.3 is 22.9 Å². The summed E-state index contributed by atoms with van der Waals surface area (Å²) in [5, 5.41) is -0.0833. The molecule has 0 bridgehead atoms. The van der Waals surface area contributed by atoms with Gasteiger partial charge in [-0.2, -0.15) is 9.98 Å². The summed E-state index contributed by atoms with van der Waals surface area (Å²) in [5.74, 6) is -0.343. The van der Waals surface area contributed by atoms with E-state index in [0.717, 1.165) is 0 Å². The summed E-state index contributed by atoms with van der Waals surface area (Å²) in [6.45, 7) is 0. The zero-order valence-electron chi connectivity index (χ0n) is 5.11. The molecule has 0 heterocycles. The topological polar surface area (TPSA) is 129 Å². The SMILES string of the molecule is NC(N)=NC(=S)N=C(N)N. The Labute approximate surface area is 63.0 Å². The molecule has 0 aliphatic heterocycles. The number of thiocarbonyl (C=S) groups is 1. The number of guanidine groups is 2. The minimum atomic E-state index is -0.171. The molecule has 0 saturated heterocycles. The molecule has 0 spiro atoms. The highest BCUT2D eigenvalue weighted by Gasteiger charge is 1.88. The molecule has 0 aromatic carbocycles. The zero-order valence-corrected chi connectivity index (χ0v) is 5.93. The van der Waals surface area contributed by atoms with E-state index in [4.69, 9.17) is 22.9 Å². The van der Waals surface area contributed by atoms with Crippen molar-refractivity contribution in [1.29, 1.82) is 0 Å². The van der Waals surface area contributed by atoms with Gasteiger partial charge in [0, 0.05) is 0 Å². The van der Waals surface area contributed by atoms with Crippen molar-refractivity contribution in [3.8, 4) is 0 Å². The number of nitrogens with two attached hydrogens (primary N) is 4. The molecule has 0 unspecified atom stereocenters. The van der Waals surface area contributed by atoms with Gasteiger partial charge in [-0.1, -0.05) is 0 Å². The van der Waals surface area contributed by atoms with Crippen LogP contribution in [0.2, 0.25) is 0 Å². The van der Waals surface area contributed by atoms with Crippen molar-refractivity contribution in [3.63, 3.8) is 0 Å². The maximum atomic E-state index is 4.96. The monoisotopic (exact) mass is 160 g/mol. The Morgan fingerprint density at radius 1 is 0.900 bits per heavy atom. The van der Waals surface area contributed by atoms with Crippen LogP contribution in [0.5, 0.6) is 0 Å². The number of aliphatic imine (C=N–C) groups is 2. The molecular formula is C3H8N6S. The minimum Gasteiger partial charge on any atom is -0.370 e. The first kappa shape index (κ1) is 8.63. The molecule has 0 aromatic heterocycles. The average Bonchev–Trinajstić information content (AvgIpc) is 1.58. The van der Waals surface area contributed by atoms with Crippen molar-refractivity contribution in [2.45, 2.75) is 0 Å². The number of hydrogen-bond donors (Lipinski definition) is 4. The summed E-state index contributed by atoms with van der Waals surface area (Å²) in [6, 6.07) is 0. The van der Waals surface area contributed by atoms with E-state index in [1.807, 2.05) is 0 Å². The molecule has 0 saturated carbocycles. The summed E-state index contributed by atoms with van der Waals surface area (Å²) < 4.78 is 0.